The first-order valence-electron chi connectivity index (χ1n) is 16.2. The van der Waals surface area contributed by atoms with E-state index in [1.165, 1.54) is 0 Å². The van der Waals surface area contributed by atoms with Crippen molar-refractivity contribution in [1.29, 1.82) is 0 Å². The monoisotopic (exact) mass is 744 g/mol. The van der Waals surface area contributed by atoms with Gasteiger partial charge in [0.1, 0.15) is 0 Å². The Bertz CT molecular complexity index is 1600. The Balaban J connectivity index is 0.000000270. The highest BCUT2D eigenvalue weighted by Crippen LogP contribution is 2.37. The average Bonchev–Trinajstić information content (AvgIpc) is 3.52. The predicted molar refractivity (Wildman–Crippen MR) is 206 cm³/mol. The van der Waals surface area contributed by atoms with Crippen molar-refractivity contribution >= 4 is 66.2 Å². The topological polar surface area (TPSA) is 125 Å². The van der Waals surface area contributed by atoms with Crippen LogP contribution in [0.5, 0.6) is 0 Å². The van der Waals surface area contributed by atoms with Gasteiger partial charge in [-0.25, -0.2) is 0 Å². The molecule has 2 amide bonds. The molecule has 0 aliphatic carbocycles. The zero-order valence-corrected chi connectivity index (χ0v) is 33.7. The van der Waals surface area contributed by atoms with Crippen molar-refractivity contribution in [3.63, 3.8) is 0 Å². The maximum absolute atomic E-state index is 11.3. The molecular weight excluding hydrogens is 688 g/mol. The lowest BCUT2D eigenvalue weighted by Crippen LogP contribution is -2.41. The molecule has 2 aromatic carbocycles. The Hall–Kier alpha value is -2.71. The molecule has 0 saturated heterocycles. The molecule has 5 N–H and O–H groups in total. The minimum Gasteiger partial charge on any atom is -0.416 e. The van der Waals surface area contributed by atoms with Crippen molar-refractivity contribution in [2.75, 3.05) is 18.5 Å². The number of nitrogens with one attached hydrogen (secondary N) is 1. The van der Waals surface area contributed by atoms with Crippen molar-refractivity contribution in [3.05, 3.63) is 72.1 Å². The van der Waals surface area contributed by atoms with Crippen LogP contribution in [-0.4, -0.2) is 56.5 Å². The highest BCUT2D eigenvalue weighted by atomic mass is 79.9. The predicted octanol–water partition coefficient (Wildman–Crippen LogP) is 8.29. The van der Waals surface area contributed by atoms with Crippen LogP contribution in [0.3, 0.4) is 0 Å². The Morgan fingerprint density at radius 3 is 1.79 bits per heavy atom. The van der Waals surface area contributed by atoms with Crippen LogP contribution < -0.4 is 11.5 Å². The number of aromatic nitrogens is 2. The first-order valence-corrected chi connectivity index (χ1v) is 23.2. The van der Waals surface area contributed by atoms with Gasteiger partial charge in [0.2, 0.25) is 11.8 Å². The number of para-hydroxylation sites is 2. The molecule has 11 heteroatoms. The number of H-pyrrole nitrogens is 1. The number of aromatic amines is 1. The summed E-state index contributed by atoms with van der Waals surface area (Å²) in [4.78, 5) is 25.1. The summed E-state index contributed by atoms with van der Waals surface area (Å²) < 4.78 is 14.3. The van der Waals surface area contributed by atoms with Gasteiger partial charge in [0.05, 0.1) is 19.4 Å². The summed E-state index contributed by atoms with van der Waals surface area (Å²) in [5.41, 5.74) is 14.6. The number of alkyl halides is 1. The van der Waals surface area contributed by atoms with E-state index in [2.05, 4.69) is 99.3 Å². The van der Waals surface area contributed by atoms with Crippen molar-refractivity contribution in [2.45, 2.75) is 97.2 Å². The molecule has 0 saturated carbocycles. The fourth-order valence-corrected chi connectivity index (χ4v) is 6.97. The number of halogens is 1. The van der Waals surface area contributed by atoms with Gasteiger partial charge < -0.3 is 29.9 Å². The van der Waals surface area contributed by atoms with Crippen molar-refractivity contribution in [1.82, 2.24) is 9.55 Å². The van der Waals surface area contributed by atoms with E-state index in [1.807, 2.05) is 54.9 Å². The van der Waals surface area contributed by atoms with Gasteiger partial charge in [0, 0.05) is 52.7 Å². The zero-order valence-electron chi connectivity index (χ0n) is 30.1. The van der Waals surface area contributed by atoms with E-state index in [1.54, 1.807) is 0 Å². The molecule has 0 aliphatic rings. The molecule has 0 radical (unpaired) electrons. The van der Waals surface area contributed by atoms with Crippen LogP contribution in [-0.2, 0) is 37.8 Å². The fourth-order valence-electron chi connectivity index (χ4n) is 4.43. The summed E-state index contributed by atoms with van der Waals surface area (Å²) >= 11 is 3.37. The Morgan fingerprint density at radius 2 is 1.26 bits per heavy atom. The second kappa shape index (κ2) is 17.1. The number of rotatable bonds is 11. The third kappa shape index (κ3) is 12.0. The maximum atomic E-state index is 11.3. The second-order valence-corrected chi connectivity index (χ2v) is 25.3. The quantitative estimate of drug-likeness (QED) is 0.106. The molecule has 0 unspecified atom stereocenters. The molecule has 4 rings (SSSR count). The number of hydrogen-bond acceptors (Lipinski definition) is 4. The van der Waals surface area contributed by atoms with Crippen molar-refractivity contribution in [3.8, 4) is 0 Å². The minimum atomic E-state index is -1.73. The normalized spacial score (nSPS) is 12.3. The summed E-state index contributed by atoms with van der Waals surface area (Å²) in [6.45, 7) is 24.9. The van der Waals surface area contributed by atoms with Gasteiger partial charge in [0.15, 0.2) is 16.6 Å². The van der Waals surface area contributed by atoms with Crippen molar-refractivity contribution in [2.24, 2.45) is 11.5 Å². The lowest BCUT2D eigenvalue weighted by atomic mass is 10.1. The summed E-state index contributed by atoms with van der Waals surface area (Å²) in [5, 5.41) is 3.66. The summed E-state index contributed by atoms with van der Waals surface area (Å²) in [6.07, 6.45) is 4.43. The van der Waals surface area contributed by atoms with Gasteiger partial charge in [0.25, 0.3) is 0 Å². The van der Waals surface area contributed by atoms with Crippen LogP contribution in [0, 0.1) is 0 Å². The third-order valence-corrected chi connectivity index (χ3v) is 18.6. The van der Waals surface area contributed by atoms with Gasteiger partial charge in [-0.1, -0.05) is 93.9 Å². The zero-order chi connectivity index (χ0) is 35.6. The number of fused-ring (bicyclic) bond motifs is 2. The molecule has 0 spiro atoms. The molecule has 8 nitrogen and oxygen atoms in total. The number of nitrogens with two attached hydrogens (primary N) is 2. The Kier molecular flexibility index (Phi) is 14.7. The number of primary amides is 2. The van der Waals surface area contributed by atoms with Crippen LogP contribution in [0.2, 0.25) is 36.3 Å². The smallest absolute Gasteiger partial charge is 0.221 e. The minimum absolute atomic E-state index is 0.211. The van der Waals surface area contributed by atoms with Crippen molar-refractivity contribution < 1.29 is 18.4 Å². The van der Waals surface area contributed by atoms with E-state index in [0.29, 0.717) is 18.1 Å². The highest BCUT2D eigenvalue weighted by molar-refractivity contribution is 9.09. The Morgan fingerprint density at radius 1 is 0.766 bits per heavy atom. The van der Waals surface area contributed by atoms with Crippen LogP contribution in [0.4, 0.5) is 0 Å². The van der Waals surface area contributed by atoms with E-state index in [-0.39, 0.29) is 23.3 Å². The standard InChI is InChI=1S/C18H28N2O2Si.C10H10N2O.C8H19BrOSi/c1-18(2,3)23(4,5)22-11-10-20-13-14(12-17(19)21)15-8-6-7-9-16(15)20;11-10(13)5-7-6-12-9-4-2-1-3-8(7)9;1-8(2,3)11(4,5)10-7-6-9/h6-9,13H,10-12H2,1-5H3,(H2,19,21);1-4,6,12H,5H2,(H2,11,13);6-7H2,1-5H3. The molecular formula is C36H57BrN4O4Si2. The average molecular weight is 746 g/mol. The molecule has 260 valence electrons. The maximum Gasteiger partial charge on any atom is 0.221 e. The molecule has 0 aliphatic heterocycles. The van der Waals surface area contributed by atoms with E-state index >= 15 is 0 Å². The first kappa shape index (κ1) is 40.5. The van der Waals surface area contributed by atoms with Crippen LogP contribution in [0.25, 0.3) is 21.8 Å². The van der Waals surface area contributed by atoms with Gasteiger partial charge in [-0.3, -0.25) is 9.59 Å². The summed E-state index contributed by atoms with van der Waals surface area (Å²) in [7, 11) is -3.19. The molecule has 2 heterocycles. The molecule has 0 fully saturated rings. The largest absolute Gasteiger partial charge is 0.416 e. The third-order valence-electron chi connectivity index (χ3n) is 9.22. The molecule has 2 aromatic heterocycles. The van der Waals surface area contributed by atoms with E-state index in [0.717, 1.165) is 51.4 Å². The second-order valence-electron chi connectivity index (χ2n) is 14.9. The summed E-state index contributed by atoms with van der Waals surface area (Å²) in [6, 6.07) is 16.0. The number of carbonyl (C=O) groups is 2. The fraction of sp³-hybridized carbons (Fsp3) is 0.500. The Labute approximate surface area is 292 Å². The van der Waals surface area contributed by atoms with Gasteiger partial charge in [-0.05, 0) is 59.5 Å². The lowest BCUT2D eigenvalue weighted by molar-refractivity contribution is -0.118. The van der Waals surface area contributed by atoms with Gasteiger partial charge in [-0.15, -0.1) is 0 Å². The summed E-state index contributed by atoms with van der Waals surface area (Å²) in [5.74, 6) is -0.602. The lowest BCUT2D eigenvalue weighted by Gasteiger charge is -2.36. The number of hydrogen-bond donors (Lipinski definition) is 3. The molecule has 4 aromatic rings. The first-order chi connectivity index (χ1) is 21.7. The van der Waals surface area contributed by atoms with Gasteiger partial charge >= 0.3 is 0 Å². The SMILES string of the molecule is CC(C)(C)[Si](C)(C)OCCBr.CC(C)(C)[Si](C)(C)OCCn1cc(CC(N)=O)c2ccccc21.NC(=O)Cc1c[nH]c2ccccc12. The van der Waals surface area contributed by atoms with Gasteiger partial charge in [-0.2, -0.15) is 0 Å². The highest BCUT2D eigenvalue weighted by Gasteiger charge is 2.37. The number of nitrogens with zero attached hydrogens (tertiary/aromatic N) is 1. The van der Waals surface area contributed by atoms with Crippen LogP contribution >= 0.6 is 15.9 Å². The van der Waals surface area contributed by atoms with E-state index in [4.69, 9.17) is 20.3 Å². The van der Waals surface area contributed by atoms with E-state index < -0.39 is 16.6 Å². The number of benzene rings is 2. The molecule has 0 bridgehead atoms. The molecule has 0 atom stereocenters. The number of amides is 2. The van der Waals surface area contributed by atoms with E-state index in [9.17, 15) is 9.59 Å². The van der Waals surface area contributed by atoms with Crippen LogP contribution in [0.15, 0.2) is 60.9 Å². The van der Waals surface area contributed by atoms with Crippen LogP contribution in [0.1, 0.15) is 52.7 Å². The molecule has 47 heavy (non-hydrogen) atoms. The number of carbonyl (C=O) groups excluding carboxylic acids is 2.